The molecule has 1 aliphatic rings. The minimum atomic E-state index is 0.0183. The zero-order valence-corrected chi connectivity index (χ0v) is 16.2. The fraction of sp³-hybridized carbons (Fsp3) is 0.450. The Morgan fingerprint density at radius 1 is 1.19 bits per heavy atom. The van der Waals surface area contributed by atoms with Gasteiger partial charge in [0.1, 0.15) is 0 Å². The number of carbonyl (C=O) groups is 1. The maximum Gasteiger partial charge on any atom is 0.257 e. The molecule has 0 unspecified atom stereocenters. The van der Waals surface area contributed by atoms with Crippen LogP contribution in [0.5, 0.6) is 0 Å². The normalized spacial score (nSPS) is 17.3. The number of aryl methyl sites for hydroxylation is 2. The van der Waals surface area contributed by atoms with Gasteiger partial charge in [-0.25, -0.2) is 9.97 Å². The molecule has 1 atom stereocenters. The van der Waals surface area contributed by atoms with Crippen LogP contribution < -0.4 is 9.80 Å². The maximum atomic E-state index is 13.0. The van der Waals surface area contributed by atoms with Gasteiger partial charge >= 0.3 is 0 Å². The quantitative estimate of drug-likeness (QED) is 0.849. The summed E-state index contributed by atoms with van der Waals surface area (Å²) in [6.45, 7) is 8.46. The van der Waals surface area contributed by atoms with Gasteiger partial charge in [-0.15, -0.1) is 0 Å². The van der Waals surface area contributed by atoms with E-state index in [-0.39, 0.29) is 11.9 Å². The van der Waals surface area contributed by atoms with Crippen molar-refractivity contribution in [1.82, 2.24) is 14.9 Å². The van der Waals surface area contributed by atoms with E-state index < -0.39 is 0 Å². The summed E-state index contributed by atoms with van der Waals surface area (Å²) in [4.78, 5) is 27.9. The lowest BCUT2D eigenvalue weighted by Crippen LogP contribution is -2.54. The first kappa shape index (κ1) is 18.2. The van der Waals surface area contributed by atoms with Gasteiger partial charge in [0.05, 0.1) is 11.3 Å². The summed E-state index contributed by atoms with van der Waals surface area (Å²) in [6, 6.07) is 8.53. The van der Waals surface area contributed by atoms with E-state index in [0.29, 0.717) is 18.1 Å². The van der Waals surface area contributed by atoms with Crippen LogP contribution in [0.2, 0.25) is 0 Å². The van der Waals surface area contributed by atoms with E-state index in [4.69, 9.17) is 0 Å². The summed E-state index contributed by atoms with van der Waals surface area (Å²) in [5, 5.41) is 0. The van der Waals surface area contributed by atoms with Crippen molar-refractivity contribution in [1.29, 1.82) is 0 Å². The Morgan fingerprint density at radius 2 is 1.92 bits per heavy atom. The molecule has 3 rings (SSSR count). The Balaban J connectivity index is 1.75. The van der Waals surface area contributed by atoms with Gasteiger partial charge in [0, 0.05) is 51.7 Å². The van der Waals surface area contributed by atoms with Crippen LogP contribution in [0.25, 0.3) is 0 Å². The lowest BCUT2D eigenvalue weighted by molar-refractivity contribution is 0.0672. The second-order valence-electron chi connectivity index (χ2n) is 7.14. The predicted octanol–water partition coefficient (Wildman–Crippen LogP) is 2.51. The number of piperazine rings is 1. The molecular weight excluding hydrogens is 326 g/mol. The van der Waals surface area contributed by atoms with Crippen molar-refractivity contribution >= 4 is 17.5 Å². The first-order valence-electron chi connectivity index (χ1n) is 9.01. The van der Waals surface area contributed by atoms with E-state index >= 15 is 0 Å². The Labute approximate surface area is 155 Å². The molecule has 6 nitrogen and oxygen atoms in total. The topological polar surface area (TPSA) is 52.6 Å². The summed E-state index contributed by atoms with van der Waals surface area (Å²) >= 11 is 0. The molecule has 138 valence electrons. The molecule has 26 heavy (non-hydrogen) atoms. The van der Waals surface area contributed by atoms with E-state index in [9.17, 15) is 4.79 Å². The Hall–Kier alpha value is -2.63. The molecule has 0 spiro atoms. The Bertz CT molecular complexity index is 805. The van der Waals surface area contributed by atoms with Crippen LogP contribution in [0.3, 0.4) is 0 Å². The van der Waals surface area contributed by atoms with Gasteiger partial charge in [-0.3, -0.25) is 4.79 Å². The third-order valence-electron chi connectivity index (χ3n) is 4.94. The average molecular weight is 353 g/mol. The number of hydrogen-bond acceptors (Lipinski definition) is 5. The second kappa shape index (κ2) is 7.32. The number of amides is 1. The van der Waals surface area contributed by atoms with Gasteiger partial charge in [-0.2, -0.15) is 0 Å². The number of benzene rings is 1. The summed E-state index contributed by atoms with van der Waals surface area (Å²) < 4.78 is 0. The highest BCUT2D eigenvalue weighted by Gasteiger charge is 2.30. The van der Waals surface area contributed by atoms with Crippen molar-refractivity contribution < 1.29 is 4.79 Å². The van der Waals surface area contributed by atoms with Crippen molar-refractivity contribution in [2.24, 2.45) is 0 Å². The first-order valence-corrected chi connectivity index (χ1v) is 9.01. The van der Waals surface area contributed by atoms with Crippen molar-refractivity contribution in [3.05, 3.63) is 47.3 Å². The molecule has 1 aromatic carbocycles. The molecule has 2 aromatic rings. The molecule has 1 saturated heterocycles. The van der Waals surface area contributed by atoms with Crippen LogP contribution in [-0.2, 0) is 0 Å². The summed E-state index contributed by atoms with van der Waals surface area (Å²) in [5.41, 5.74) is 3.83. The van der Waals surface area contributed by atoms with Crippen molar-refractivity contribution in [3.8, 4) is 0 Å². The third-order valence-corrected chi connectivity index (χ3v) is 4.94. The summed E-state index contributed by atoms with van der Waals surface area (Å²) in [5.74, 6) is 0.640. The van der Waals surface area contributed by atoms with E-state index in [2.05, 4.69) is 53.0 Å². The molecule has 1 amide bonds. The van der Waals surface area contributed by atoms with Crippen molar-refractivity contribution in [2.75, 3.05) is 43.5 Å². The van der Waals surface area contributed by atoms with Gasteiger partial charge in [0.15, 0.2) is 0 Å². The maximum absolute atomic E-state index is 13.0. The number of para-hydroxylation sites is 1. The number of hydrogen-bond donors (Lipinski definition) is 0. The van der Waals surface area contributed by atoms with Gasteiger partial charge in [-0.05, 0) is 32.4 Å². The number of aromatic nitrogens is 2. The summed E-state index contributed by atoms with van der Waals surface area (Å²) in [7, 11) is 3.78. The highest BCUT2D eigenvalue weighted by atomic mass is 16.2. The van der Waals surface area contributed by atoms with Crippen LogP contribution in [0, 0.1) is 13.8 Å². The monoisotopic (exact) mass is 353 g/mol. The molecule has 6 heteroatoms. The molecule has 0 N–H and O–H groups in total. The lowest BCUT2D eigenvalue weighted by Gasteiger charge is -2.41. The van der Waals surface area contributed by atoms with Gasteiger partial charge in [0.25, 0.3) is 5.91 Å². The molecule has 0 radical (unpaired) electrons. The van der Waals surface area contributed by atoms with Crippen LogP contribution >= 0.6 is 0 Å². The van der Waals surface area contributed by atoms with Crippen LogP contribution in [0.4, 0.5) is 11.6 Å². The molecule has 2 heterocycles. The van der Waals surface area contributed by atoms with Crippen LogP contribution in [0.1, 0.15) is 28.5 Å². The highest BCUT2D eigenvalue weighted by molar-refractivity contribution is 5.95. The zero-order chi connectivity index (χ0) is 18.8. The molecule has 0 bridgehead atoms. The van der Waals surface area contributed by atoms with Crippen molar-refractivity contribution in [2.45, 2.75) is 26.8 Å². The zero-order valence-electron chi connectivity index (χ0n) is 16.2. The van der Waals surface area contributed by atoms with Crippen LogP contribution in [-0.4, -0.2) is 60.5 Å². The molecule has 1 aliphatic heterocycles. The van der Waals surface area contributed by atoms with Gasteiger partial charge in [-0.1, -0.05) is 18.2 Å². The lowest BCUT2D eigenvalue weighted by atomic mass is 10.1. The Morgan fingerprint density at radius 3 is 2.54 bits per heavy atom. The molecule has 0 saturated carbocycles. The Kier molecular flexibility index (Phi) is 5.11. The van der Waals surface area contributed by atoms with E-state index in [1.165, 1.54) is 11.3 Å². The van der Waals surface area contributed by atoms with Gasteiger partial charge in [0.2, 0.25) is 5.95 Å². The fourth-order valence-electron chi connectivity index (χ4n) is 3.43. The number of anilines is 2. The highest BCUT2D eigenvalue weighted by Crippen LogP contribution is 2.24. The summed E-state index contributed by atoms with van der Waals surface area (Å²) in [6.07, 6.45) is 1.65. The molecule has 0 aliphatic carbocycles. The van der Waals surface area contributed by atoms with Crippen molar-refractivity contribution in [3.63, 3.8) is 0 Å². The standard InChI is InChI=1S/C20H27N5O/c1-14-8-6-7-9-18(14)24-10-11-25(15(2)13-24)19(26)17-12-21-20(23(4)5)22-16(17)3/h6-9,12,15H,10-11,13H2,1-5H3/t15-/m0/s1. The van der Waals surface area contributed by atoms with E-state index in [1.807, 2.05) is 30.8 Å². The minimum Gasteiger partial charge on any atom is -0.367 e. The fourth-order valence-corrected chi connectivity index (χ4v) is 3.43. The van der Waals surface area contributed by atoms with Crippen LogP contribution in [0.15, 0.2) is 30.5 Å². The average Bonchev–Trinajstić information content (AvgIpc) is 2.61. The molecular formula is C20H27N5O. The molecule has 1 aromatic heterocycles. The largest absolute Gasteiger partial charge is 0.367 e. The minimum absolute atomic E-state index is 0.0183. The van der Waals surface area contributed by atoms with E-state index in [1.54, 1.807) is 6.20 Å². The number of carbonyl (C=O) groups excluding carboxylic acids is 1. The number of rotatable bonds is 3. The SMILES string of the molecule is Cc1ccccc1N1CCN(C(=O)c2cnc(N(C)C)nc2C)[C@@H](C)C1. The third kappa shape index (κ3) is 3.49. The molecule has 1 fully saturated rings. The van der Waals surface area contributed by atoms with Gasteiger partial charge < -0.3 is 14.7 Å². The number of nitrogens with zero attached hydrogens (tertiary/aromatic N) is 5. The first-order chi connectivity index (χ1) is 12.4. The smallest absolute Gasteiger partial charge is 0.257 e. The second-order valence-corrected chi connectivity index (χ2v) is 7.14. The predicted molar refractivity (Wildman–Crippen MR) is 105 cm³/mol. The van der Waals surface area contributed by atoms with E-state index in [0.717, 1.165) is 18.8 Å².